The Labute approximate surface area is 226 Å². The highest BCUT2D eigenvalue weighted by Crippen LogP contribution is 2.06. The van der Waals surface area contributed by atoms with Crippen LogP contribution in [0, 0.1) is 0 Å². The maximum atomic E-state index is 13.1. The number of carbonyl (C=O) groups is 7. The topological polar surface area (TPSA) is 272 Å². The van der Waals surface area contributed by atoms with Gasteiger partial charge in [-0.15, -0.1) is 0 Å². The molecule has 0 saturated heterocycles. The van der Waals surface area contributed by atoms with E-state index in [1.807, 2.05) is 0 Å². The second-order valence-electron chi connectivity index (χ2n) is 9.16. The van der Waals surface area contributed by atoms with Crippen molar-refractivity contribution in [2.24, 2.45) is 11.5 Å². The monoisotopic (exact) mass is 559 g/mol. The Morgan fingerprint density at radius 1 is 0.615 bits per heavy atom. The van der Waals surface area contributed by atoms with E-state index in [1.165, 1.54) is 27.7 Å². The summed E-state index contributed by atoms with van der Waals surface area (Å²) in [5.41, 5.74) is 11.0. The number of nitrogens with two attached hydrogens (primary N) is 2. The summed E-state index contributed by atoms with van der Waals surface area (Å²) >= 11 is 0. The average Bonchev–Trinajstić information content (AvgIpc) is 2.84. The van der Waals surface area contributed by atoms with Crippen molar-refractivity contribution < 1.29 is 43.8 Å². The maximum absolute atomic E-state index is 13.1. The molecule has 0 aliphatic rings. The molecule has 0 aromatic heterocycles. The van der Waals surface area contributed by atoms with Gasteiger partial charge in [0.2, 0.25) is 29.5 Å². The van der Waals surface area contributed by atoms with Crippen molar-refractivity contribution in [2.75, 3.05) is 6.54 Å². The second-order valence-corrected chi connectivity index (χ2v) is 9.16. The van der Waals surface area contributed by atoms with Crippen molar-refractivity contribution in [3.05, 3.63) is 0 Å². The van der Waals surface area contributed by atoms with E-state index in [2.05, 4.69) is 26.6 Å². The van der Waals surface area contributed by atoms with E-state index >= 15 is 0 Å². The summed E-state index contributed by atoms with van der Waals surface area (Å²) in [5, 5.41) is 29.8. The van der Waals surface area contributed by atoms with Crippen LogP contribution in [0.25, 0.3) is 0 Å². The first-order valence-corrected chi connectivity index (χ1v) is 12.5. The first kappa shape index (κ1) is 35.2. The number of hydrogen-bond acceptors (Lipinski definition) is 9. The number of unbranched alkanes of at least 4 members (excludes halogenated alkanes) is 1. The quantitative estimate of drug-likeness (QED) is 0.0758. The van der Waals surface area contributed by atoms with Crippen molar-refractivity contribution in [2.45, 2.75) is 96.1 Å². The fourth-order valence-electron chi connectivity index (χ4n) is 3.06. The molecule has 0 aromatic carbocycles. The van der Waals surface area contributed by atoms with Gasteiger partial charge in [0.1, 0.15) is 30.2 Å². The molecule has 0 radical (unpaired) electrons. The Balaban J connectivity index is 5.58. The molecular weight excluding hydrogens is 518 g/mol. The van der Waals surface area contributed by atoms with Crippen LogP contribution < -0.4 is 38.1 Å². The maximum Gasteiger partial charge on any atom is 0.325 e. The van der Waals surface area contributed by atoms with Gasteiger partial charge >= 0.3 is 11.9 Å². The summed E-state index contributed by atoms with van der Waals surface area (Å²) in [6.07, 6.45) is 0.237. The standard InChI is InChI=1S/C23H41N7O9/c1-11(25)18(33)26-13(3)20(35)29-16(8-9-17(31)32)22(37)30-15(7-5-6-10-24)21(36)27-12(2)19(34)28-14(4)23(38)39/h11-16H,5-10,24-25H2,1-4H3,(H,26,33)(H,27,36)(H,28,34)(H,29,35)(H,30,37)(H,31,32)(H,38,39)/t11-,12-,13-,14-,15-,16-/m0/s1. The van der Waals surface area contributed by atoms with E-state index in [0.717, 1.165) is 0 Å². The highest BCUT2D eigenvalue weighted by Gasteiger charge is 2.30. The molecule has 0 bridgehead atoms. The van der Waals surface area contributed by atoms with Gasteiger partial charge < -0.3 is 48.3 Å². The molecule has 0 saturated carbocycles. The number of carboxylic acids is 2. The largest absolute Gasteiger partial charge is 0.481 e. The normalized spacial score (nSPS) is 15.3. The molecule has 16 heteroatoms. The van der Waals surface area contributed by atoms with Crippen molar-refractivity contribution in [3.8, 4) is 0 Å². The number of carbonyl (C=O) groups excluding carboxylic acids is 5. The van der Waals surface area contributed by atoms with Crippen LogP contribution in [-0.4, -0.2) is 94.5 Å². The lowest BCUT2D eigenvalue weighted by Crippen LogP contribution is -2.58. The Morgan fingerprint density at radius 2 is 1.05 bits per heavy atom. The van der Waals surface area contributed by atoms with Crippen LogP contribution >= 0.6 is 0 Å². The Hall–Kier alpha value is -3.79. The van der Waals surface area contributed by atoms with Gasteiger partial charge in [-0.1, -0.05) is 0 Å². The minimum absolute atomic E-state index is 0.106. The number of carboxylic acid groups (broad SMARTS) is 2. The third kappa shape index (κ3) is 14.1. The summed E-state index contributed by atoms with van der Waals surface area (Å²) < 4.78 is 0. The van der Waals surface area contributed by atoms with E-state index in [4.69, 9.17) is 21.7 Å². The lowest BCUT2D eigenvalue weighted by atomic mass is 10.1. The van der Waals surface area contributed by atoms with E-state index in [-0.39, 0.29) is 12.8 Å². The molecule has 11 N–H and O–H groups in total. The molecule has 0 aliphatic carbocycles. The predicted octanol–water partition coefficient (Wildman–Crippen LogP) is -3.10. The molecule has 16 nitrogen and oxygen atoms in total. The zero-order chi connectivity index (χ0) is 30.3. The zero-order valence-electron chi connectivity index (χ0n) is 22.6. The lowest BCUT2D eigenvalue weighted by molar-refractivity contribution is -0.142. The summed E-state index contributed by atoms with van der Waals surface area (Å²) in [4.78, 5) is 84.6. The van der Waals surface area contributed by atoms with E-state index in [0.29, 0.717) is 19.4 Å². The van der Waals surface area contributed by atoms with E-state index in [1.54, 1.807) is 0 Å². The van der Waals surface area contributed by atoms with Crippen molar-refractivity contribution >= 4 is 41.5 Å². The van der Waals surface area contributed by atoms with Gasteiger partial charge in [0.15, 0.2) is 0 Å². The van der Waals surface area contributed by atoms with E-state index in [9.17, 15) is 33.6 Å². The van der Waals surface area contributed by atoms with Crippen LogP contribution in [0.3, 0.4) is 0 Å². The Kier molecular flexibility index (Phi) is 16.0. The van der Waals surface area contributed by atoms with Crippen LogP contribution in [0.1, 0.15) is 59.8 Å². The molecule has 6 atom stereocenters. The highest BCUT2D eigenvalue weighted by molar-refractivity contribution is 5.96. The van der Waals surface area contributed by atoms with E-state index < -0.39 is 84.1 Å². The first-order chi connectivity index (χ1) is 18.1. The summed E-state index contributed by atoms with van der Waals surface area (Å²) in [5.74, 6) is -6.28. The van der Waals surface area contributed by atoms with Crippen molar-refractivity contribution in [1.29, 1.82) is 0 Å². The van der Waals surface area contributed by atoms with Crippen LogP contribution in [0.4, 0.5) is 0 Å². The van der Waals surface area contributed by atoms with Gasteiger partial charge in [-0.25, -0.2) is 0 Å². The number of rotatable bonds is 18. The molecular formula is C23H41N7O9. The SMILES string of the molecule is C[C@H](N)C(=O)N[C@@H](C)C(=O)N[C@@H](CCC(=O)O)C(=O)N[C@@H](CCCCN)C(=O)N[C@@H](C)C(=O)N[C@@H](C)C(=O)O. The molecule has 0 rings (SSSR count). The molecule has 0 aliphatic heterocycles. The third-order valence-electron chi connectivity index (χ3n) is 5.51. The smallest absolute Gasteiger partial charge is 0.325 e. The first-order valence-electron chi connectivity index (χ1n) is 12.5. The number of nitrogens with one attached hydrogen (secondary N) is 5. The molecule has 5 amide bonds. The predicted molar refractivity (Wildman–Crippen MR) is 138 cm³/mol. The molecule has 39 heavy (non-hydrogen) atoms. The fourth-order valence-corrected chi connectivity index (χ4v) is 3.06. The number of amides is 5. The van der Waals surface area contributed by atoms with Crippen molar-refractivity contribution in [3.63, 3.8) is 0 Å². The molecule has 0 heterocycles. The third-order valence-corrected chi connectivity index (χ3v) is 5.51. The van der Waals surface area contributed by atoms with Gasteiger partial charge in [-0.2, -0.15) is 0 Å². The van der Waals surface area contributed by atoms with Gasteiger partial charge in [0.25, 0.3) is 0 Å². The van der Waals surface area contributed by atoms with Gasteiger partial charge in [-0.05, 0) is 59.9 Å². The van der Waals surface area contributed by atoms with Crippen LogP contribution in [0.5, 0.6) is 0 Å². The van der Waals surface area contributed by atoms with Gasteiger partial charge in [0.05, 0.1) is 6.04 Å². The number of hydrogen-bond donors (Lipinski definition) is 9. The molecule has 0 unspecified atom stereocenters. The molecule has 0 spiro atoms. The lowest BCUT2D eigenvalue weighted by Gasteiger charge is -2.25. The highest BCUT2D eigenvalue weighted by atomic mass is 16.4. The summed E-state index contributed by atoms with van der Waals surface area (Å²) in [7, 11) is 0. The van der Waals surface area contributed by atoms with Crippen LogP contribution in [-0.2, 0) is 33.6 Å². The Morgan fingerprint density at radius 3 is 1.54 bits per heavy atom. The summed E-state index contributed by atoms with van der Waals surface area (Å²) in [6.45, 7) is 5.66. The molecule has 222 valence electrons. The van der Waals surface area contributed by atoms with Crippen LogP contribution in [0.15, 0.2) is 0 Å². The second kappa shape index (κ2) is 17.7. The zero-order valence-corrected chi connectivity index (χ0v) is 22.6. The average molecular weight is 560 g/mol. The van der Waals surface area contributed by atoms with Crippen molar-refractivity contribution in [1.82, 2.24) is 26.6 Å². The van der Waals surface area contributed by atoms with Crippen LogP contribution in [0.2, 0.25) is 0 Å². The van der Waals surface area contributed by atoms with Gasteiger partial charge in [-0.3, -0.25) is 33.6 Å². The van der Waals surface area contributed by atoms with Gasteiger partial charge in [0, 0.05) is 6.42 Å². The molecule has 0 fully saturated rings. The Bertz CT molecular complexity index is 897. The minimum atomic E-state index is -1.37. The fraction of sp³-hybridized carbons (Fsp3) is 0.696. The summed E-state index contributed by atoms with van der Waals surface area (Å²) in [6, 6.07) is -6.89. The number of aliphatic carboxylic acids is 2. The molecule has 0 aromatic rings. The minimum Gasteiger partial charge on any atom is -0.481 e.